The second kappa shape index (κ2) is 8.59. The quantitative estimate of drug-likeness (QED) is 0.717. The van der Waals surface area contributed by atoms with Gasteiger partial charge in [0, 0.05) is 47.9 Å². The number of hydrogen-bond acceptors (Lipinski definition) is 2. The first-order valence-electron chi connectivity index (χ1n) is 8.72. The molecule has 0 atom stereocenters. The predicted molar refractivity (Wildman–Crippen MR) is 109 cm³/mol. The number of aryl methyl sites for hydroxylation is 1. The van der Waals surface area contributed by atoms with Gasteiger partial charge in [-0.3, -0.25) is 9.59 Å². The van der Waals surface area contributed by atoms with E-state index in [1.807, 2.05) is 31.2 Å². The molecular formula is C21H20Cl2N2O2. The Morgan fingerprint density at radius 1 is 0.926 bits per heavy atom. The van der Waals surface area contributed by atoms with Gasteiger partial charge in [-0.15, -0.1) is 0 Å². The maximum absolute atomic E-state index is 12.5. The van der Waals surface area contributed by atoms with Crippen LogP contribution in [0.1, 0.15) is 21.5 Å². The molecule has 1 saturated heterocycles. The zero-order chi connectivity index (χ0) is 19.4. The van der Waals surface area contributed by atoms with Crippen LogP contribution in [0.25, 0.3) is 6.08 Å². The van der Waals surface area contributed by atoms with Crippen LogP contribution in [0.5, 0.6) is 0 Å². The summed E-state index contributed by atoms with van der Waals surface area (Å²) in [5.41, 5.74) is 2.54. The first-order chi connectivity index (χ1) is 12.9. The molecule has 1 aliphatic rings. The zero-order valence-corrected chi connectivity index (χ0v) is 16.5. The van der Waals surface area contributed by atoms with Crippen LogP contribution < -0.4 is 0 Å². The summed E-state index contributed by atoms with van der Waals surface area (Å²) in [4.78, 5) is 28.5. The molecule has 1 heterocycles. The van der Waals surface area contributed by atoms with E-state index in [1.54, 1.807) is 34.1 Å². The van der Waals surface area contributed by atoms with E-state index in [1.165, 1.54) is 6.08 Å². The molecule has 1 fully saturated rings. The maximum atomic E-state index is 12.5. The van der Waals surface area contributed by atoms with Gasteiger partial charge in [-0.05, 0) is 42.8 Å². The molecule has 0 radical (unpaired) electrons. The Balaban J connectivity index is 1.56. The van der Waals surface area contributed by atoms with E-state index >= 15 is 0 Å². The molecule has 0 aromatic heterocycles. The number of nitrogens with zero attached hydrogens (tertiary/aromatic N) is 2. The number of rotatable bonds is 3. The van der Waals surface area contributed by atoms with E-state index in [9.17, 15) is 9.59 Å². The Labute approximate surface area is 169 Å². The molecule has 4 nitrogen and oxygen atoms in total. The third-order valence-electron chi connectivity index (χ3n) is 4.55. The molecule has 2 aromatic carbocycles. The molecule has 27 heavy (non-hydrogen) atoms. The van der Waals surface area contributed by atoms with E-state index in [0.717, 1.165) is 11.1 Å². The number of piperazine rings is 1. The van der Waals surface area contributed by atoms with Gasteiger partial charge < -0.3 is 9.80 Å². The summed E-state index contributed by atoms with van der Waals surface area (Å²) in [6.45, 7) is 4.05. The standard InChI is InChI=1S/C21H20Cl2N2O2/c1-15-2-4-17(5-3-15)21(27)25-12-10-24(11-13-25)20(26)9-7-16-6-8-18(22)14-19(16)23/h2-9,14H,10-13H2,1H3/b9-7+. The molecule has 2 aromatic rings. The fraction of sp³-hybridized carbons (Fsp3) is 0.238. The molecule has 0 N–H and O–H groups in total. The Morgan fingerprint density at radius 3 is 2.19 bits per heavy atom. The van der Waals surface area contributed by atoms with E-state index in [4.69, 9.17) is 23.2 Å². The highest BCUT2D eigenvalue weighted by Gasteiger charge is 2.23. The summed E-state index contributed by atoms with van der Waals surface area (Å²) in [6, 6.07) is 12.7. The van der Waals surface area contributed by atoms with Crippen molar-refractivity contribution in [1.29, 1.82) is 0 Å². The van der Waals surface area contributed by atoms with Crippen molar-refractivity contribution in [2.24, 2.45) is 0 Å². The van der Waals surface area contributed by atoms with E-state index in [2.05, 4.69) is 0 Å². The SMILES string of the molecule is Cc1ccc(C(=O)N2CCN(C(=O)/C=C/c3ccc(Cl)cc3Cl)CC2)cc1. The zero-order valence-electron chi connectivity index (χ0n) is 15.0. The first-order valence-corrected chi connectivity index (χ1v) is 9.47. The number of benzene rings is 2. The molecule has 0 saturated carbocycles. The van der Waals surface area contributed by atoms with Gasteiger partial charge in [0.25, 0.3) is 5.91 Å². The topological polar surface area (TPSA) is 40.6 Å². The second-order valence-corrected chi connectivity index (χ2v) is 7.33. The molecule has 6 heteroatoms. The monoisotopic (exact) mass is 402 g/mol. The highest BCUT2D eigenvalue weighted by molar-refractivity contribution is 6.35. The third kappa shape index (κ3) is 4.90. The minimum absolute atomic E-state index is 0.00517. The van der Waals surface area contributed by atoms with Gasteiger partial charge in [-0.25, -0.2) is 0 Å². The molecule has 3 rings (SSSR count). The summed E-state index contributed by atoms with van der Waals surface area (Å²) in [5, 5.41) is 1.05. The summed E-state index contributed by atoms with van der Waals surface area (Å²) in [5.74, 6) is -0.0889. The van der Waals surface area contributed by atoms with Crippen molar-refractivity contribution >= 4 is 41.1 Å². The number of halogens is 2. The summed E-state index contributed by atoms with van der Waals surface area (Å²) < 4.78 is 0. The van der Waals surface area contributed by atoms with E-state index in [0.29, 0.717) is 41.8 Å². The number of amides is 2. The molecule has 0 spiro atoms. The van der Waals surface area contributed by atoms with Crippen molar-refractivity contribution in [3.8, 4) is 0 Å². The molecule has 140 valence electrons. The van der Waals surface area contributed by atoms with Gasteiger partial charge in [-0.1, -0.05) is 47.0 Å². The van der Waals surface area contributed by atoms with Crippen LogP contribution in [0.4, 0.5) is 0 Å². The molecule has 1 aliphatic heterocycles. The fourth-order valence-electron chi connectivity index (χ4n) is 2.91. The Morgan fingerprint density at radius 2 is 1.56 bits per heavy atom. The molecule has 0 unspecified atom stereocenters. The van der Waals surface area contributed by atoms with Gasteiger partial charge in [0.15, 0.2) is 0 Å². The van der Waals surface area contributed by atoms with Crippen LogP contribution >= 0.6 is 23.2 Å². The Hall–Kier alpha value is -2.30. The van der Waals surface area contributed by atoms with Gasteiger partial charge in [-0.2, -0.15) is 0 Å². The van der Waals surface area contributed by atoms with E-state index in [-0.39, 0.29) is 11.8 Å². The summed E-state index contributed by atoms with van der Waals surface area (Å²) >= 11 is 12.0. The minimum atomic E-state index is -0.0940. The van der Waals surface area contributed by atoms with Crippen molar-refractivity contribution in [1.82, 2.24) is 9.80 Å². The van der Waals surface area contributed by atoms with Crippen molar-refractivity contribution in [3.05, 3.63) is 75.3 Å². The molecule has 0 aliphatic carbocycles. The van der Waals surface area contributed by atoms with Crippen LogP contribution in [-0.4, -0.2) is 47.8 Å². The molecular weight excluding hydrogens is 383 g/mol. The van der Waals surface area contributed by atoms with Gasteiger partial charge in [0.1, 0.15) is 0 Å². The van der Waals surface area contributed by atoms with E-state index < -0.39 is 0 Å². The lowest BCUT2D eigenvalue weighted by Gasteiger charge is -2.34. The van der Waals surface area contributed by atoms with Crippen LogP contribution in [0.15, 0.2) is 48.5 Å². The summed E-state index contributed by atoms with van der Waals surface area (Å²) in [6.07, 6.45) is 3.19. The normalized spacial score (nSPS) is 14.6. The first kappa shape index (κ1) is 19.5. The number of carbonyl (C=O) groups excluding carboxylic acids is 2. The second-order valence-electron chi connectivity index (χ2n) is 6.48. The van der Waals surface area contributed by atoms with Gasteiger partial charge in [0.2, 0.25) is 5.91 Å². The van der Waals surface area contributed by atoms with Crippen molar-refractivity contribution in [2.75, 3.05) is 26.2 Å². The van der Waals surface area contributed by atoms with Crippen LogP contribution in [0.3, 0.4) is 0 Å². The maximum Gasteiger partial charge on any atom is 0.253 e. The summed E-state index contributed by atoms with van der Waals surface area (Å²) in [7, 11) is 0. The lowest BCUT2D eigenvalue weighted by atomic mass is 10.1. The average Bonchev–Trinajstić information content (AvgIpc) is 2.67. The van der Waals surface area contributed by atoms with Gasteiger partial charge >= 0.3 is 0 Å². The molecule has 2 amide bonds. The minimum Gasteiger partial charge on any atom is -0.336 e. The van der Waals surface area contributed by atoms with Crippen molar-refractivity contribution in [3.63, 3.8) is 0 Å². The Kier molecular flexibility index (Phi) is 6.19. The van der Waals surface area contributed by atoms with Crippen LogP contribution in [-0.2, 0) is 4.79 Å². The number of carbonyl (C=O) groups is 2. The third-order valence-corrected chi connectivity index (χ3v) is 5.11. The molecule has 0 bridgehead atoms. The van der Waals surface area contributed by atoms with Crippen LogP contribution in [0, 0.1) is 6.92 Å². The van der Waals surface area contributed by atoms with Crippen molar-refractivity contribution in [2.45, 2.75) is 6.92 Å². The fourth-order valence-corrected chi connectivity index (χ4v) is 3.38. The Bertz CT molecular complexity index is 870. The largest absolute Gasteiger partial charge is 0.336 e. The predicted octanol–water partition coefficient (Wildman–Crippen LogP) is 4.30. The van der Waals surface area contributed by atoms with Crippen LogP contribution in [0.2, 0.25) is 10.0 Å². The number of hydrogen-bond donors (Lipinski definition) is 0. The smallest absolute Gasteiger partial charge is 0.253 e. The van der Waals surface area contributed by atoms with Crippen molar-refractivity contribution < 1.29 is 9.59 Å². The highest BCUT2D eigenvalue weighted by Crippen LogP contribution is 2.22. The lowest BCUT2D eigenvalue weighted by molar-refractivity contribution is -0.127. The lowest BCUT2D eigenvalue weighted by Crippen LogP contribution is -2.50. The highest BCUT2D eigenvalue weighted by atomic mass is 35.5. The average molecular weight is 403 g/mol. The van der Waals surface area contributed by atoms with Gasteiger partial charge in [0.05, 0.1) is 0 Å².